The maximum atomic E-state index is 12.7. The fraction of sp³-hybridized carbons (Fsp3) is 0.368. The summed E-state index contributed by atoms with van der Waals surface area (Å²) in [6.45, 7) is 3.45. The Morgan fingerprint density at radius 2 is 2.08 bits per heavy atom. The van der Waals surface area contributed by atoms with Crippen molar-refractivity contribution >= 4 is 27.5 Å². The molecule has 0 saturated carbocycles. The van der Waals surface area contributed by atoms with Crippen LogP contribution in [0.15, 0.2) is 45.2 Å². The van der Waals surface area contributed by atoms with Crippen molar-refractivity contribution < 1.29 is 14.3 Å². The summed E-state index contributed by atoms with van der Waals surface area (Å²) in [4.78, 5) is 25.1. The first-order valence-corrected chi connectivity index (χ1v) is 8.81. The molecule has 24 heavy (non-hydrogen) atoms. The Labute approximate surface area is 150 Å². The van der Waals surface area contributed by atoms with Crippen LogP contribution in [-0.4, -0.2) is 18.7 Å². The first-order chi connectivity index (χ1) is 11.4. The Bertz CT molecular complexity index is 792. The van der Waals surface area contributed by atoms with Crippen LogP contribution in [0.1, 0.15) is 44.6 Å². The van der Waals surface area contributed by atoms with E-state index in [1.54, 1.807) is 14.0 Å². The van der Waals surface area contributed by atoms with Crippen LogP contribution in [-0.2, 0) is 9.59 Å². The van der Waals surface area contributed by atoms with E-state index < -0.39 is 0 Å². The summed E-state index contributed by atoms with van der Waals surface area (Å²) in [5.41, 5.74) is 3.97. The van der Waals surface area contributed by atoms with Gasteiger partial charge in [-0.05, 0) is 44.9 Å². The van der Waals surface area contributed by atoms with E-state index in [0.29, 0.717) is 23.3 Å². The van der Waals surface area contributed by atoms with Gasteiger partial charge < -0.3 is 10.1 Å². The van der Waals surface area contributed by atoms with Crippen LogP contribution in [0.2, 0.25) is 0 Å². The number of ether oxygens (including phenoxy) is 1. The molecule has 1 aromatic rings. The van der Waals surface area contributed by atoms with E-state index in [1.165, 1.54) is 0 Å². The summed E-state index contributed by atoms with van der Waals surface area (Å²) in [6.07, 6.45) is 2.20. The average Bonchev–Trinajstić information content (AvgIpc) is 2.53. The van der Waals surface area contributed by atoms with Gasteiger partial charge in [0, 0.05) is 44.9 Å². The standard InChI is InChI=1S/C19H20BrNO3/c1-10-17(11(2)22)18(13-9-12(20)7-8-16(13)24-3)19-14(21-10)5-4-6-15(19)23/h7-9,18,21H,4-6H2,1-3H3/t18-/m0/s1. The molecule has 126 valence electrons. The van der Waals surface area contributed by atoms with Gasteiger partial charge in [-0.2, -0.15) is 0 Å². The normalized spacial score (nSPS) is 20.7. The van der Waals surface area contributed by atoms with Gasteiger partial charge in [-0.3, -0.25) is 9.59 Å². The van der Waals surface area contributed by atoms with E-state index in [-0.39, 0.29) is 17.5 Å². The summed E-state index contributed by atoms with van der Waals surface area (Å²) in [6, 6.07) is 5.70. The molecule has 1 aliphatic heterocycles. The lowest BCUT2D eigenvalue weighted by atomic mass is 9.74. The highest BCUT2D eigenvalue weighted by Crippen LogP contribution is 2.45. The van der Waals surface area contributed by atoms with E-state index in [4.69, 9.17) is 4.74 Å². The van der Waals surface area contributed by atoms with Gasteiger partial charge in [-0.15, -0.1) is 0 Å². The fourth-order valence-corrected chi connectivity index (χ4v) is 4.07. The Morgan fingerprint density at radius 1 is 1.33 bits per heavy atom. The molecule has 2 aliphatic rings. The molecule has 0 unspecified atom stereocenters. The van der Waals surface area contributed by atoms with E-state index in [9.17, 15) is 9.59 Å². The lowest BCUT2D eigenvalue weighted by molar-refractivity contribution is -0.116. The molecule has 3 rings (SSSR count). The number of halogens is 1. The first-order valence-electron chi connectivity index (χ1n) is 8.02. The average molecular weight is 390 g/mol. The van der Waals surface area contributed by atoms with Gasteiger partial charge in [-0.25, -0.2) is 0 Å². The topological polar surface area (TPSA) is 55.4 Å². The maximum absolute atomic E-state index is 12.7. The Balaban J connectivity index is 2.28. The van der Waals surface area contributed by atoms with Crippen LogP contribution in [0, 0.1) is 0 Å². The summed E-state index contributed by atoms with van der Waals surface area (Å²) in [7, 11) is 1.61. The van der Waals surface area contributed by atoms with Gasteiger partial charge in [0.15, 0.2) is 11.6 Å². The van der Waals surface area contributed by atoms with Crippen molar-refractivity contribution in [3.05, 3.63) is 50.8 Å². The van der Waals surface area contributed by atoms with Crippen LogP contribution in [0.5, 0.6) is 5.75 Å². The molecule has 0 radical (unpaired) electrons. The molecule has 1 N–H and O–H groups in total. The second kappa shape index (κ2) is 6.55. The van der Waals surface area contributed by atoms with Gasteiger partial charge in [0.25, 0.3) is 0 Å². The molecule has 5 heteroatoms. The van der Waals surface area contributed by atoms with Crippen molar-refractivity contribution in [2.24, 2.45) is 0 Å². The summed E-state index contributed by atoms with van der Waals surface area (Å²) < 4.78 is 6.41. The molecule has 0 bridgehead atoms. The minimum Gasteiger partial charge on any atom is -0.496 e. The number of methoxy groups -OCH3 is 1. The predicted octanol–water partition coefficient (Wildman–Crippen LogP) is 4.01. The van der Waals surface area contributed by atoms with Gasteiger partial charge in [-0.1, -0.05) is 15.9 Å². The number of rotatable bonds is 3. The number of hydrogen-bond acceptors (Lipinski definition) is 4. The van der Waals surface area contributed by atoms with E-state index in [1.807, 2.05) is 25.1 Å². The van der Waals surface area contributed by atoms with E-state index >= 15 is 0 Å². The van der Waals surface area contributed by atoms with Crippen molar-refractivity contribution in [2.45, 2.75) is 39.0 Å². The number of benzene rings is 1. The zero-order valence-electron chi connectivity index (χ0n) is 14.0. The Hall–Kier alpha value is -1.88. The zero-order chi connectivity index (χ0) is 17.4. The highest BCUT2D eigenvalue weighted by Gasteiger charge is 2.38. The minimum absolute atomic E-state index is 0.0306. The fourth-order valence-electron chi connectivity index (χ4n) is 3.69. The monoisotopic (exact) mass is 389 g/mol. The van der Waals surface area contributed by atoms with Crippen LogP contribution >= 0.6 is 15.9 Å². The van der Waals surface area contributed by atoms with Gasteiger partial charge in [0.1, 0.15) is 5.75 Å². The van der Waals surface area contributed by atoms with Crippen molar-refractivity contribution in [3.8, 4) is 5.75 Å². The molecule has 0 spiro atoms. The van der Waals surface area contributed by atoms with Crippen LogP contribution < -0.4 is 10.1 Å². The quantitative estimate of drug-likeness (QED) is 0.847. The third-order valence-corrected chi connectivity index (χ3v) is 5.15. The largest absolute Gasteiger partial charge is 0.496 e. The summed E-state index contributed by atoms with van der Waals surface area (Å²) >= 11 is 3.49. The van der Waals surface area contributed by atoms with E-state index in [0.717, 1.165) is 34.3 Å². The molecule has 1 heterocycles. The summed E-state index contributed by atoms with van der Waals surface area (Å²) in [5.74, 6) is 0.389. The smallest absolute Gasteiger partial charge is 0.161 e. The Kier molecular flexibility index (Phi) is 4.63. The maximum Gasteiger partial charge on any atom is 0.161 e. The lowest BCUT2D eigenvalue weighted by Gasteiger charge is -2.34. The molecule has 4 nitrogen and oxygen atoms in total. The van der Waals surface area contributed by atoms with Gasteiger partial charge in [0.2, 0.25) is 0 Å². The number of ketones is 2. The van der Waals surface area contributed by atoms with Crippen LogP contribution in [0.25, 0.3) is 0 Å². The number of carbonyl (C=O) groups excluding carboxylic acids is 2. The van der Waals surface area contributed by atoms with Crippen LogP contribution in [0.4, 0.5) is 0 Å². The third kappa shape index (κ3) is 2.81. The molecule has 1 aliphatic carbocycles. The molecular weight excluding hydrogens is 370 g/mol. The van der Waals surface area contributed by atoms with Crippen molar-refractivity contribution in [1.29, 1.82) is 0 Å². The van der Waals surface area contributed by atoms with Crippen molar-refractivity contribution in [1.82, 2.24) is 5.32 Å². The second-order valence-corrected chi connectivity index (χ2v) is 7.12. The number of carbonyl (C=O) groups is 2. The highest BCUT2D eigenvalue weighted by molar-refractivity contribution is 9.10. The molecular formula is C19H20BrNO3. The molecule has 0 saturated heterocycles. The van der Waals surface area contributed by atoms with Crippen molar-refractivity contribution in [3.63, 3.8) is 0 Å². The summed E-state index contributed by atoms with van der Waals surface area (Å²) in [5, 5.41) is 3.30. The SMILES string of the molecule is COc1ccc(Br)cc1[C@H]1C(C(C)=O)=C(C)NC2=C1C(=O)CCC2. The molecule has 0 fully saturated rings. The Morgan fingerprint density at radius 3 is 2.75 bits per heavy atom. The molecule has 1 aromatic carbocycles. The number of hydrogen-bond donors (Lipinski definition) is 1. The van der Waals surface area contributed by atoms with E-state index in [2.05, 4.69) is 21.2 Å². The molecule has 1 atom stereocenters. The molecule has 0 aromatic heterocycles. The number of Topliss-reactive ketones (excluding diaryl/α,β-unsaturated/α-hetero) is 2. The van der Waals surface area contributed by atoms with Gasteiger partial charge >= 0.3 is 0 Å². The number of dihydropyridines is 1. The zero-order valence-corrected chi connectivity index (χ0v) is 15.6. The van der Waals surface area contributed by atoms with Gasteiger partial charge in [0.05, 0.1) is 7.11 Å². The number of nitrogens with one attached hydrogen (secondary N) is 1. The first kappa shape index (κ1) is 17.0. The van der Waals surface area contributed by atoms with Crippen LogP contribution in [0.3, 0.4) is 0 Å². The van der Waals surface area contributed by atoms with Crippen molar-refractivity contribution in [2.75, 3.05) is 7.11 Å². The predicted molar refractivity (Wildman–Crippen MR) is 95.8 cm³/mol. The minimum atomic E-state index is -0.376. The lowest BCUT2D eigenvalue weighted by Crippen LogP contribution is -2.33. The highest BCUT2D eigenvalue weighted by atomic mass is 79.9. The number of allylic oxidation sites excluding steroid dienone is 4. The third-order valence-electron chi connectivity index (χ3n) is 4.66. The second-order valence-electron chi connectivity index (χ2n) is 6.21. The molecule has 0 amide bonds.